The zero-order valence-electron chi connectivity index (χ0n) is 8.72. The van der Waals surface area contributed by atoms with Gasteiger partial charge in [0.05, 0.1) is 6.73 Å². The monoisotopic (exact) mass is 171 g/mol. The lowest BCUT2D eigenvalue weighted by Crippen LogP contribution is -2.57. The Hall–Kier alpha value is -0.0800. The topological polar surface area (TPSA) is 23.5 Å². The van der Waals surface area contributed by atoms with E-state index in [-0.39, 0.29) is 12.3 Å². The van der Waals surface area contributed by atoms with E-state index in [2.05, 4.69) is 32.6 Å². The van der Waals surface area contributed by atoms with Crippen molar-refractivity contribution in [1.82, 2.24) is 4.90 Å². The number of nitrogens with zero attached hydrogens (tertiary/aromatic N) is 1. The van der Waals surface area contributed by atoms with Crippen molar-refractivity contribution in [3.05, 3.63) is 0 Å². The molecular formula is C10H21NO. The summed E-state index contributed by atoms with van der Waals surface area (Å²) in [6, 6.07) is 0. The predicted octanol–water partition coefficient (Wildman–Crippen LogP) is 1.84. The molecule has 0 atom stereocenters. The van der Waals surface area contributed by atoms with Crippen LogP contribution < -0.4 is 0 Å². The summed E-state index contributed by atoms with van der Waals surface area (Å²) >= 11 is 0. The van der Waals surface area contributed by atoms with Crippen molar-refractivity contribution < 1.29 is 5.11 Å². The van der Waals surface area contributed by atoms with Gasteiger partial charge in [-0.25, -0.2) is 0 Å². The molecule has 1 aliphatic heterocycles. The lowest BCUT2D eigenvalue weighted by molar-refractivity contribution is -0.0739. The van der Waals surface area contributed by atoms with Crippen LogP contribution in [0.1, 0.15) is 40.5 Å². The summed E-state index contributed by atoms with van der Waals surface area (Å²) in [5.74, 6) is 0. The van der Waals surface area contributed by atoms with E-state index >= 15 is 0 Å². The Morgan fingerprint density at radius 2 is 1.83 bits per heavy atom. The molecule has 72 valence electrons. The molecule has 0 aromatic carbocycles. The van der Waals surface area contributed by atoms with Crippen molar-refractivity contribution in [2.24, 2.45) is 5.41 Å². The molecule has 1 heterocycles. The van der Waals surface area contributed by atoms with Crippen LogP contribution in [0.15, 0.2) is 0 Å². The first-order chi connectivity index (χ1) is 5.42. The van der Waals surface area contributed by atoms with E-state index in [9.17, 15) is 5.11 Å². The molecule has 0 bridgehead atoms. The number of aliphatic hydroxyl groups is 1. The molecule has 2 nitrogen and oxygen atoms in total. The summed E-state index contributed by atoms with van der Waals surface area (Å²) in [7, 11) is 0. The summed E-state index contributed by atoms with van der Waals surface area (Å²) in [4.78, 5) is 2.16. The molecule has 0 amide bonds. The minimum Gasteiger partial charge on any atom is -0.381 e. The van der Waals surface area contributed by atoms with Crippen LogP contribution >= 0.6 is 0 Å². The van der Waals surface area contributed by atoms with Crippen molar-refractivity contribution >= 4 is 0 Å². The largest absolute Gasteiger partial charge is 0.381 e. The zero-order chi connectivity index (χ0) is 9.41. The average molecular weight is 171 g/mol. The van der Waals surface area contributed by atoms with Crippen LogP contribution in [-0.2, 0) is 0 Å². The molecular weight excluding hydrogens is 150 g/mol. The standard InChI is InChI=1S/C10H21NO/c1-9(2)6-5-7-11(8-12)10(9,3)4/h12H,5-8H2,1-4H3. The molecule has 2 heteroatoms. The van der Waals surface area contributed by atoms with E-state index in [1.54, 1.807) is 0 Å². The van der Waals surface area contributed by atoms with Crippen molar-refractivity contribution in [2.45, 2.75) is 46.1 Å². The summed E-state index contributed by atoms with van der Waals surface area (Å²) in [6.07, 6.45) is 2.47. The summed E-state index contributed by atoms with van der Waals surface area (Å²) in [6.45, 7) is 10.2. The van der Waals surface area contributed by atoms with Gasteiger partial charge < -0.3 is 5.11 Å². The Morgan fingerprint density at radius 1 is 1.25 bits per heavy atom. The zero-order valence-corrected chi connectivity index (χ0v) is 8.72. The van der Waals surface area contributed by atoms with Crippen LogP contribution in [0.2, 0.25) is 0 Å². The smallest absolute Gasteiger partial charge is 0.0961 e. The second-order valence-electron chi connectivity index (χ2n) is 4.95. The van der Waals surface area contributed by atoms with Crippen LogP contribution in [0, 0.1) is 5.41 Å². The summed E-state index contributed by atoms with van der Waals surface area (Å²) < 4.78 is 0. The highest BCUT2D eigenvalue weighted by molar-refractivity contribution is 4.97. The van der Waals surface area contributed by atoms with E-state index in [0.717, 1.165) is 6.54 Å². The van der Waals surface area contributed by atoms with Gasteiger partial charge in [0, 0.05) is 12.1 Å². The third kappa shape index (κ3) is 1.38. The molecule has 1 N–H and O–H groups in total. The molecule has 0 saturated carbocycles. The van der Waals surface area contributed by atoms with Gasteiger partial charge >= 0.3 is 0 Å². The van der Waals surface area contributed by atoms with Gasteiger partial charge in [0.15, 0.2) is 0 Å². The highest BCUT2D eigenvalue weighted by atomic mass is 16.3. The molecule has 0 aromatic heterocycles. The Morgan fingerprint density at radius 3 is 2.25 bits per heavy atom. The first-order valence-electron chi connectivity index (χ1n) is 4.78. The maximum absolute atomic E-state index is 9.18. The average Bonchev–Trinajstić information content (AvgIpc) is 1.95. The Balaban J connectivity index is 2.82. The van der Waals surface area contributed by atoms with Gasteiger partial charge in [0.25, 0.3) is 0 Å². The fourth-order valence-corrected chi connectivity index (χ4v) is 1.97. The van der Waals surface area contributed by atoms with E-state index < -0.39 is 0 Å². The highest BCUT2D eigenvalue weighted by Gasteiger charge is 2.43. The normalized spacial score (nSPS) is 28.8. The van der Waals surface area contributed by atoms with Crippen LogP contribution in [0.25, 0.3) is 0 Å². The first-order valence-corrected chi connectivity index (χ1v) is 4.78. The molecule has 1 rings (SSSR count). The second-order valence-corrected chi connectivity index (χ2v) is 4.95. The minimum atomic E-state index is 0.125. The maximum atomic E-state index is 9.18. The predicted molar refractivity (Wildman–Crippen MR) is 50.9 cm³/mol. The molecule has 0 spiro atoms. The molecule has 0 radical (unpaired) electrons. The van der Waals surface area contributed by atoms with Gasteiger partial charge in [-0.05, 0) is 32.1 Å². The number of aliphatic hydroxyl groups excluding tert-OH is 1. The maximum Gasteiger partial charge on any atom is 0.0961 e. The van der Waals surface area contributed by atoms with E-state index in [0.29, 0.717) is 5.41 Å². The van der Waals surface area contributed by atoms with Crippen molar-refractivity contribution in [3.63, 3.8) is 0 Å². The van der Waals surface area contributed by atoms with Crippen LogP contribution in [0.5, 0.6) is 0 Å². The van der Waals surface area contributed by atoms with Crippen molar-refractivity contribution in [1.29, 1.82) is 0 Å². The molecule has 0 aromatic rings. The second kappa shape index (κ2) is 3.00. The molecule has 1 aliphatic rings. The fraction of sp³-hybridized carbons (Fsp3) is 1.00. The SMILES string of the molecule is CC1(C)CCCN(CO)C1(C)C. The molecule has 1 saturated heterocycles. The molecule has 1 fully saturated rings. The van der Waals surface area contributed by atoms with Crippen LogP contribution in [0.4, 0.5) is 0 Å². The Bertz CT molecular complexity index is 163. The number of rotatable bonds is 1. The number of likely N-dealkylation sites (tertiary alicyclic amines) is 1. The van der Waals surface area contributed by atoms with Gasteiger partial charge in [-0.3, -0.25) is 4.90 Å². The lowest BCUT2D eigenvalue weighted by Gasteiger charge is -2.52. The Kier molecular flexibility index (Phi) is 2.50. The van der Waals surface area contributed by atoms with Gasteiger partial charge in [-0.15, -0.1) is 0 Å². The minimum absolute atomic E-state index is 0.125. The highest BCUT2D eigenvalue weighted by Crippen LogP contribution is 2.42. The third-order valence-corrected chi connectivity index (χ3v) is 3.85. The molecule has 12 heavy (non-hydrogen) atoms. The fourth-order valence-electron chi connectivity index (χ4n) is 1.97. The first kappa shape index (κ1) is 10.0. The van der Waals surface area contributed by atoms with Crippen molar-refractivity contribution in [3.8, 4) is 0 Å². The summed E-state index contributed by atoms with van der Waals surface area (Å²) in [5.41, 5.74) is 0.438. The molecule has 0 aliphatic carbocycles. The number of hydrogen-bond acceptors (Lipinski definition) is 2. The van der Waals surface area contributed by atoms with Gasteiger partial charge in [0.1, 0.15) is 0 Å². The van der Waals surface area contributed by atoms with Crippen LogP contribution in [-0.4, -0.2) is 28.8 Å². The van der Waals surface area contributed by atoms with Crippen LogP contribution in [0.3, 0.4) is 0 Å². The lowest BCUT2D eigenvalue weighted by atomic mass is 9.68. The van der Waals surface area contributed by atoms with Gasteiger partial charge in [-0.2, -0.15) is 0 Å². The van der Waals surface area contributed by atoms with Gasteiger partial charge in [0.2, 0.25) is 0 Å². The van der Waals surface area contributed by atoms with E-state index in [1.807, 2.05) is 0 Å². The quantitative estimate of drug-likeness (QED) is 0.650. The summed E-state index contributed by atoms with van der Waals surface area (Å²) in [5, 5.41) is 9.18. The van der Waals surface area contributed by atoms with Crippen molar-refractivity contribution in [2.75, 3.05) is 13.3 Å². The van der Waals surface area contributed by atoms with E-state index in [4.69, 9.17) is 0 Å². The Labute approximate surface area is 75.6 Å². The third-order valence-electron chi connectivity index (χ3n) is 3.85. The van der Waals surface area contributed by atoms with E-state index in [1.165, 1.54) is 12.8 Å². The number of piperidine rings is 1. The van der Waals surface area contributed by atoms with Gasteiger partial charge in [-0.1, -0.05) is 13.8 Å². The number of hydrogen-bond donors (Lipinski definition) is 1. The molecule has 0 unspecified atom stereocenters.